The molecular formula is C15H19N3. The van der Waals surface area contributed by atoms with Gasteiger partial charge < -0.3 is 5.73 Å². The predicted molar refractivity (Wildman–Crippen MR) is 75.2 cm³/mol. The Morgan fingerprint density at radius 1 is 1.11 bits per heavy atom. The quantitative estimate of drug-likeness (QED) is 0.889. The molecule has 1 heterocycles. The number of nitrogen functional groups attached to an aromatic ring is 1. The van der Waals surface area contributed by atoms with E-state index in [4.69, 9.17) is 5.73 Å². The summed E-state index contributed by atoms with van der Waals surface area (Å²) in [7, 11) is 0. The van der Waals surface area contributed by atoms with Crippen molar-refractivity contribution in [1.29, 1.82) is 0 Å². The molecule has 0 aliphatic rings. The number of nitrogens with two attached hydrogens (primary N) is 1. The molecule has 0 bridgehead atoms. The molecule has 18 heavy (non-hydrogen) atoms. The van der Waals surface area contributed by atoms with Crippen molar-refractivity contribution >= 4 is 5.95 Å². The van der Waals surface area contributed by atoms with Gasteiger partial charge in [-0.05, 0) is 18.8 Å². The molecular weight excluding hydrogens is 222 g/mol. The fraction of sp³-hybridized carbons (Fsp3) is 0.333. The molecule has 0 spiro atoms. The Bertz CT molecular complexity index is 504. The third-order valence-corrected chi connectivity index (χ3v) is 3.31. The molecule has 0 radical (unpaired) electrons. The van der Waals surface area contributed by atoms with E-state index in [-0.39, 0.29) is 0 Å². The molecule has 2 N–H and O–H groups in total. The second kappa shape index (κ2) is 5.63. The first-order valence-electron chi connectivity index (χ1n) is 6.44. The van der Waals surface area contributed by atoms with Crippen molar-refractivity contribution in [3.05, 3.63) is 42.1 Å². The van der Waals surface area contributed by atoms with Crippen LogP contribution >= 0.6 is 0 Å². The highest BCUT2D eigenvalue weighted by Crippen LogP contribution is 2.31. The second-order valence-corrected chi connectivity index (χ2v) is 4.41. The lowest BCUT2D eigenvalue weighted by molar-refractivity contribution is 0.638. The molecule has 2 aromatic rings. The van der Waals surface area contributed by atoms with Crippen LogP contribution in [0.1, 0.15) is 38.2 Å². The number of hydrogen-bond donors (Lipinski definition) is 1. The van der Waals surface area contributed by atoms with Gasteiger partial charge in [-0.15, -0.1) is 0 Å². The van der Waals surface area contributed by atoms with Gasteiger partial charge in [0.25, 0.3) is 0 Å². The Labute approximate surface area is 108 Å². The Morgan fingerprint density at radius 3 is 2.39 bits per heavy atom. The smallest absolute Gasteiger partial charge is 0.220 e. The zero-order chi connectivity index (χ0) is 13.0. The highest BCUT2D eigenvalue weighted by molar-refractivity contribution is 5.64. The van der Waals surface area contributed by atoms with Gasteiger partial charge in [-0.2, -0.15) is 0 Å². The molecule has 0 amide bonds. The van der Waals surface area contributed by atoms with Crippen LogP contribution in [-0.2, 0) is 0 Å². The Morgan fingerprint density at radius 2 is 1.78 bits per heavy atom. The van der Waals surface area contributed by atoms with Crippen LogP contribution in [0.5, 0.6) is 0 Å². The monoisotopic (exact) mass is 241 g/mol. The standard InChI is InChI=1S/C15H19N3/c1-3-11(4-2)13-10-17-15(16)18-14(13)12-8-6-5-7-9-12/h5-11H,3-4H2,1-2H3,(H2,16,17,18). The summed E-state index contributed by atoms with van der Waals surface area (Å²) in [6, 6.07) is 10.2. The number of rotatable bonds is 4. The third kappa shape index (κ3) is 2.50. The molecule has 2 rings (SSSR count). The number of aromatic nitrogens is 2. The fourth-order valence-electron chi connectivity index (χ4n) is 2.26. The van der Waals surface area contributed by atoms with E-state index in [0.29, 0.717) is 11.9 Å². The molecule has 0 aliphatic carbocycles. The van der Waals surface area contributed by atoms with Crippen molar-refractivity contribution in [2.75, 3.05) is 5.73 Å². The highest BCUT2D eigenvalue weighted by atomic mass is 15.0. The number of anilines is 1. The average Bonchev–Trinajstić information content (AvgIpc) is 2.42. The molecule has 0 fully saturated rings. The van der Waals surface area contributed by atoms with Crippen LogP contribution in [0.4, 0.5) is 5.95 Å². The van der Waals surface area contributed by atoms with Gasteiger partial charge in [0.15, 0.2) is 0 Å². The zero-order valence-corrected chi connectivity index (χ0v) is 10.9. The van der Waals surface area contributed by atoms with Crippen molar-refractivity contribution < 1.29 is 0 Å². The Balaban J connectivity index is 2.54. The largest absolute Gasteiger partial charge is 0.368 e. The summed E-state index contributed by atoms with van der Waals surface area (Å²) in [5.74, 6) is 0.823. The van der Waals surface area contributed by atoms with Crippen LogP contribution in [0.15, 0.2) is 36.5 Å². The minimum Gasteiger partial charge on any atom is -0.368 e. The van der Waals surface area contributed by atoms with Crippen LogP contribution in [-0.4, -0.2) is 9.97 Å². The summed E-state index contributed by atoms with van der Waals surface area (Å²) in [4.78, 5) is 8.58. The first kappa shape index (κ1) is 12.6. The molecule has 0 atom stereocenters. The number of nitrogens with zero attached hydrogens (tertiary/aromatic N) is 2. The van der Waals surface area contributed by atoms with Crippen molar-refractivity contribution in [2.24, 2.45) is 0 Å². The van der Waals surface area contributed by atoms with Gasteiger partial charge in [0.05, 0.1) is 5.69 Å². The number of benzene rings is 1. The maximum Gasteiger partial charge on any atom is 0.220 e. The van der Waals surface area contributed by atoms with Crippen LogP contribution in [0, 0.1) is 0 Å². The van der Waals surface area contributed by atoms with Gasteiger partial charge in [-0.3, -0.25) is 0 Å². The first-order chi connectivity index (χ1) is 8.76. The fourth-order valence-corrected chi connectivity index (χ4v) is 2.26. The molecule has 1 aromatic heterocycles. The summed E-state index contributed by atoms with van der Waals surface area (Å²) in [5, 5.41) is 0. The van der Waals surface area contributed by atoms with Gasteiger partial charge in [0, 0.05) is 17.3 Å². The molecule has 0 unspecified atom stereocenters. The van der Waals surface area contributed by atoms with E-state index in [1.807, 2.05) is 24.4 Å². The molecule has 1 aromatic carbocycles. The molecule has 94 valence electrons. The van der Waals surface area contributed by atoms with Crippen LogP contribution in [0.25, 0.3) is 11.3 Å². The first-order valence-corrected chi connectivity index (χ1v) is 6.44. The Hall–Kier alpha value is -1.90. The Kier molecular flexibility index (Phi) is 3.92. The van der Waals surface area contributed by atoms with Crippen molar-refractivity contribution in [3.8, 4) is 11.3 Å². The zero-order valence-electron chi connectivity index (χ0n) is 10.9. The predicted octanol–water partition coefficient (Wildman–Crippen LogP) is 3.63. The summed E-state index contributed by atoms with van der Waals surface area (Å²) in [5.41, 5.74) is 8.99. The molecule has 0 saturated carbocycles. The van der Waals surface area contributed by atoms with Gasteiger partial charge in [-0.1, -0.05) is 44.2 Å². The van der Waals surface area contributed by atoms with E-state index < -0.39 is 0 Å². The maximum absolute atomic E-state index is 5.73. The van der Waals surface area contributed by atoms with Crippen LogP contribution < -0.4 is 5.73 Å². The van der Waals surface area contributed by atoms with E-state index in [2.05, 4.69) is 35.9 Å². The molecule has 3 heteroatoms. The summed E-state index contributed by atoms with van der Waals surface area (Å²) >= 11 is 0. The lowest BCUT2D eigenvalue weighted by Crippen LogP contribution is -2.05. The molecule has 3 nitrogen and oxygen atoms in total. The SMILES string of the molecule is CCC(CC)c1cnc(N)nc1-c1ccccc1. The molecule has 0 saturated heterocycles. The lowest BCUT2D eigenvalue weighted by Gasteiger charge is -2.16. The molecule has 0 aliphatic heterocycles. The second-order valence-electron chi connectivity index (χ2n) is 4.41. The van der Waals surface area contributed by atoms with Crippen molar-refractivity contribution in [2.45, 2.75) is 32.6 Å². The summed E-state index contributed by atoms with van der Waals surface area (Å²) in [6.07, 6.45) is 4.05. The average molecular weight is 241 g/mol. The van der Waals surface area contributed by atoms with Gasteiger partial charge in [0.1, 0.15) is 0 Å². The van der Waals surface area contributed by atoms with Gasteiger partial charge in [0.2, 0.25) is 5.95 Å². The van der Waals surface area contributed by atoms with E-state index >= 15 is 0 Å². The third-order valence-electron chi connectivity index (χ3n) is 3.31. The highest BCUT2D eigenvalue weighted by Gasteiger charge is 2.15. The summed E-state index contributed by atoms with van der Waals surface area (Å²) < 4.78 is 0. The topological polar surface area (TPSA) is 51.8 Å². The van der Waals surface area contributed by atoms with Crippen molar-refractivity contribution in [3.63, 3.8) is 0 Å². The summed E-state index contributed by atoms with van der Waals surface area (Å²) in [6.45, 7) is 4.39. The minimum atomic E-state index is 0.337. The van der Waals surface area contributed by atoms with Gasteiger partial charge >= 0.3 is 0 Å². The van der Waals surface area contributed by atoms with E-state index in [9.17, 15) is 0 Å². The van der Waals surface area contributed by atoms with E-state index in [1.54, 1.807) is 0 Å². The normalized spacial score (nSPS) is 10.8. The van der Waals surface area contributed by atoms with Gasteiger partial charge in [-0.25, -0.2) is 9.97 Å². The maximum atomic E-state index is 5.73. The van der Waals surface area contributed by atoms with Crippen molar-refractivity contribution in [1.82, 2.24) is 9.97 Å². The lowest BCUT2D eigenvalue weighted by atomic mass is 9.91. The number of hydrogen-bond acceptors (Lipinski definition) is 3. The van der Waals surface area contributed by atoms with E-state index in [0.717, 1.165) is 24.1 Å². The minimum absolute atomic E-state index is 0.337. The van der Waals surface area contributed by atoms with Crippen LogP contribution in [0.3, 0.4) is 0 Å². The van der Waals surface area contributed by atoms with E-state index in [1.165, 1.54) is 5.56 Å². The van der Waals surface area contributed by atoms with Crippen LogP contribution in [0.2, 0.25) is 0 Å².